The van der Waals surface area contributed by atoms with Gasteiger partial charge in [0.2, 0.25) is 0 Å². The molecule has 0 radical (unpaired) electrons. The highest BCUT2D eigenvalue weighted by molar-refractivity contribution is 5.58. The summed E-state index contributed by atoms with van der Waals surface area (Å²) in [6.45, 7) is 5.46. The number of aromatic nitrogens is 2. The van der Waals surface area contributed by atoms with Gasteiger partial charge in [-0.1, -0.05) is 20.3 Å². The molecule has 1 aromatic heterocycles. The Balaban J connectivity index is 1.71. The molecule has 3 unspecified atom stereocenters. The highest BCUT2D eigenvalue weighted by atomic mass is 15.1. The highest BCUT2D eigenvalue weighted by Gasteiger charge is 2.39. The van der Waals surface area contributed by atoms with Gasteiger partial charge in [0.1, 0.15) is 18.0 Å². The first-order chi connectivity index (χ1) is 9.69. The van der Waals surface area contributed by atoms with E-state index in [4.69, 9.17) is 0 Å². The fraction of sp³-hybridized carbons (Fsp3) is 0.750. The lowest BCUT2D eigenvalue weighted by Gasteiger charge is -2.23. The Hall–Kier alpha value is -1.32. The Morgan fingerprint density at radius 1 is 1.20 bits per heavy atom. The summed E-state index contributed by atoms with van der Waals surface area (Å²) in [6, 6.07) is 0. The summed E-state index contributed by atoms with van der Waals surface area (Å²) in [5, 5.41) is 6.79. The molecule has 4 nitrogen and oxygen atoms in total. The van der Waals surface area contributed by atoms with Crippen LogP contribution in [-0.4, -0.2) is 23.6 Å². The molecule has 2 fully saturated rings. The van der Waals surface area contributed by atoms with Gasteiger partial charge in [-0.3, -0.25) is 0 Å². The van der Waals surface area contributed by atoms with Crippen LogP contribution < -0.4 is 10.6 Å². The summed E-state index contributed by atoms with van der Waals surface area (Å²) in [5.41, 5.74) is 1.21. The lowest BCUT2D eigenvalue weighted by molar-refractivity contribution is 0.348. The molecule has 1 aromatic rings. The summed E-state index contributed by atoms with van der Waals surface area (Å²) >= 11 is 0. The second-order valence-corrected chi connectivity index (χ2v) is 6.71. The number of nitrogens with zero attached hydrogens (tertiary/aromatic N) is 2. The summed E-state index contributed by atoms with van der Waals surface area (Å²) < 4.78 is 0. The van der Waals surface area contributed by atoms with E-state index in [-0.39, 0.29) is 0 Å². The van der Waals surface area contributed by atoms with Crippen molar-refractivity contribution in [2.75, 3.05) is 24.2 Å². The minimum absolute atomic E-state index is 0.418. The number of anilines is 2. The van der Waals surface area contributed by atoms with Gasteiger partial charge in [0.05, 0.1) is 0 Å². The van der Waals surface area contributed by atoms with Crippen LogP contribution in [-0.2, 0) is 0 Å². The zero-order valence-corrected chi connectivity index (χ0v) is 12.8. The van der Waals surface area contributed by atoms with E-state index in [1.165, 1.54) is 31.2 Å². The average Bonchev–Trinajstić information content (AvgIpc) is 3.06. The van der Waals surface area contributed by atoms with Crippen molar-refractivity contribution in [2.45, 2.75) is 45.4 Å². The molecule has 110 valence electrons. The number of fused-ring (bicyclic) bond motifs is 2. The molecule has 0 aliphatic heterocycles. The zero-order valence-electron chi connectivity index (χ0n) is 12.8. The molecular weight excluding hydrogens is 248 g/mol. The van der Waals surface area contributed by atoms with Gasteiger partial charge in [-0.15, -0.1) is 0 Å². The number of hydrogen-bond acceptors (Lipinski definition) is 4. The van der Waals surface area contributed by atoms with Crippen molar-refractivity contribution in [1.82, 2.24) is 9.97 Å². The molecule has 0 aromatic carbocycles. The molecule has 2 saturated carbocycles. The maximum atomic E-state index is 4.47. The average molecular weight is 274 g/mol. The fourth-order valence-corrected chi connectivity index (χ4v) is 4.14. The van der Waals surface area contributed by atoms with Crippen molar-refractivity contribution in [2.24, 2.45) is 17.8 Å². The first-order valence-electron chi connectivity index (χ1n) is 7.95. The normalized spacial score (nSPS) is 28.1. The number of rotatable bonds is 5. The van der Waals surface area contributed by atoms with Gasteiger partial charge in [0.15, 0.2) is 0 Å². The molecule has 2 aliphatic carbocycles. The van der Waals surface area contributed by atoms with Gasteiger partial charge in [0.25, 0.3) is 0 Å². The molecule has 0 saturated heterocycles. The van der Waals surface area contributed by atoms with Crippen LogP contribution in [0.2, 0.25) is 0 Å². The summed E-state index contributed by atoms with van der Waals surface area (Å²) in [4.78, 5) is 8.80. The van der Waals surface area contributed by atoms with Gasteiger partial charge in [0, 0.05) is 19.2 Å². The zero-order chi connectivity index (χ0) is 14.1. The molecular formula is C16H26N4. The quantitative estimate of drug-likeness (QED) is 0.863. The van der Waals surface area contributed by atoms with Crippen LogP contribution in [0.3, 0.4) is 0 Å². The molecule has 3 atom stereocenters. The van der Waals surface area contributed by atoms with Crippen molar-refractivity contribution >= 4 is 11.6 Å². The second-order valence-electron chi connectivity index (χ2n) is 6.71. The lowest BCUT2D eigenvalue weighted by Crippen LogP contribution is -2.21. The third-order valence-corrected chi connectivity index (χ3v) is 5.11. The van der Waals surface area contributed by atoms with E-state index in [9.17, 15) is 0 Å². The topological polar surface area (TPSA) is 49.8 Å². The molecule has 20 heavy (non-hydrogen) atoms. The van der Waals surface area contributed by atoms with Crippen LogP contribution in [0.4, 0.5) is 11.6 Å². The van der Waals surface area contributed by atoms with E-state index in [1.54, 1.807) is 6.33 Å². The van der Waals surface area contributed by atoms with Gasteiger partial charge >= 0.3 is 0 Å². The van der Waals surface area contributed by atoms with Crippen LogP contribution in [0.1, 0.15) is 51.0 Å². The third kappa shape index (κ3) is 2.48. The maximum Gasteiger partial charge on any atom is 0.134 e. The van der Waals surface area contributed by atoms with E-state index >= 15 is 0 Å². The van der Waals surface area contributed by atoms with Crippen molar-refractivity contribution in [3.63, 3.8) is 0 Å². The van der Waals surface area contributed by atoms with Crippen LogP contribution in [0.25, 0.3) is 0 Å². The SMILES string of the molecule is CNc1ncnc(NCC2CC3CCC2C3)c1C(C)C. The predicted octanol–water partition coefficient (Wildman–Crippen LogP) is 3.49. The first kappa shape index (κ1) is 13.7. The minimum Gasteiger partial charge on any atom is -0.373 e. The Morgan fingerprint density at radius 2 is 2.00 bits per heavy atom. The highest BCUT2D eigenvalue weighted by Crippen LogP contribution is 2.48. The molecule has 3 rings (SSSR count). The monoisotopic (exact) mass is 274 g/mol. The van der Waals surface area contributed by atoms with Crippen molar-refractivity contribution in [1.29, 1.82) is 0 Å². The molecule has 2 bridgehead atoms. The smallest absolute Gasteiger partial charge is 0.134 e. The number of nitrogens with one attached hydrogen (secondary N) is 2. The Kier molecular flexibility index (Phi) is 3.81. The Labute approximate surface area is 121 Å². The third-order valence-electron chi connectivity index (χ3n) is 5.11. The largest absolute Gasteiger partial charge is 0.373 e. The van der Waals surface area contributed by atoms with E-state index in [1.807, 2.05) is 7.05 Å². The van der Waals surface area contributed by atoms with Gasteiger partial charge < -0.3 is 10.6 Å². The summed E-state index contributed by atoms with van der Waals surface area (Å²) in [5.74, 6) is 5.20. The number of hydrogen-bond donors (Lipinski definition) is 2. The Bertz CT molecular complexity index is 472. The molecule has 1 heterocycles. The van der Waals surface area contributed by atoms with Crippen molar-refractivity contribution in [3.05, 3.63) is 11.9 Å². The molecule has 0 spiro atoms. The van der Waals surface area contributed by atoms with Crippen molar-refractivity contribution in [3.8, 4) is 0 Å². The van der Waals surface area contributed by atoms with E-state index < -0.39 is 0 Å². The maximum absolute atomic E-state index is 4.47. The Morgan fingerprint density at radius 3 is 2.60 bits per heavy atom. The van der Waals surface area contributed by atoms with Gasteiger partial charge in [-0.2, -0.15) is 0 Å². The summed E-state index contributed by atoms with van der Waals surface area (Å²) in [6.07, 6.45) is 7.45. The van der Waals surface area contributed by atoms with E-state index in [0.717, 1.165) is 35.9 Å². The standard InChI is InChI=1S/C16H26N4/c1-10(2)14-15(17-3)19-9-20-16(14)18-8-13-7-11-4-5-12(13)6-11/h9-13H,4-8H2,1-3H3,(H2,17,18,19,20). The fourth-order valence-electron chi connectivity index (χ4n) is 4.14. The molecule has 2 aliphatic rings. The second kappa shape index (κ2) is 5.58. The van der Waals surface area contributed by atoms with Crippen molar-refractivity contribution < 1.29 is 0 Å². The van der Waals surface area contributed by atoms with E-state index in [0.29, 0.717) is 5.92 Å². The van der Waals surface area contributed by atoms with Crippen LogP contribution in [0, 0.1) is 17.8 Å². The van der Waals surface area contributed by atoms with E-state index in [2.05, 4.69) is 34.4 Å². The van der Waals surface area contributed by atoms with Gasteiger partial charge in [-0.05, 0) is 42.9 Å². The van der Waals surface area contributed by atoms with Crippen LogP contribution in [0.5, 0.6) is 0 Å². The van der Waals surface area contributed by atoms with Gasteiger partial charge in [-0.25, -0.2) is 9.97 Å². The lowest BCUT2D eigenvalue weighted by atomic mass is 9.89. The van der Waals surface area contributed by atoms with Crippen LogP contribution >= 0.6 is 0 Å². The van der Waals surface area contributed by atoms with Crippen LogP contribution in [0.15, 0.2) is 6.33 Å². The molecule has 4 heteroatoms. The first-order valence-corrected chi connectivity index (χ1v) is 7.95. The molecule has 2 N–H and O–H groups in total. The minimum atomic E-state index is 0.418. The summed E-state index contributed by atoms with van der Waals surface area (Å²) in [7, 11) is 1.92. The predicted molar refractivity (Wildman–Crippen MR) is 83.1 cm³/mol. The molecule has 0 amide bonds.